The number of aromatic nitrogens is 2. The highest BCUT2D eigenvalue weighted by atomic mass is 32.2. The standard InChI is InChI=1S/C16H17N5O2S2/c1-3-8-17-15-19-20-16(25-15)24-10(2)14(23)21-9-13(22)18-11-6-4-5-7-12(11)21/h3-7,10H,1,8-9H2,2H3,(H,17,19)(H,18,22). The molecule has 2 heterocycles. The largest absolute Gasteiger partial charge is 0.357 e. The summed E-state index contributed by atoms with van der Waals surface area (Å²) in [4.78, 5) is 26.2. The zero-order valence-electron chi connectivity index (χ0n) is 13.6. The van der Waals surface area contributed by atoms with Crippen LogP contribution in [0.15, 0.2) is 41.3 Å². The minimum absolute atomic E-state index is 0.0169. The molecule has 3 rings (SSSR count). The smallest absolute Gasteiger partial charge is 0.244 e. The third-order valence-corrected chi connectivity index (χ3v) is 5.52. The van der Waals surface area contributed by atoms with Crippen molar-refractivity contribution in [3.63, 3.8) is 0 Å². The first-order chi connectivity index (χ1) is 12.1. The fraction of sp³-hybridized carbons (Fsp3) is 0.250. The van der Waals surface area contributed by atoms with E-state index >= 15 is 0 Å². The molecule has 1 unspecified atom stereocenters. The lowest BCUT2D eigenvalue weighted by Crippen LogP contribution is -2.45. The minimum atomic E-state index is -0.390. The highest BCUT2D eigenvalue weighted by molar-refractivity contribution is 8.02. The number of hydrogen-bond acceptors (Lipinski definition) is 7. The summed E-state index contributed by atoms with van der Waals surface area (Å²) in [7, 11) is 0. The SMILES string of the molecule is C=CCNc1nnc(SC(C)C(=O)N2CC(=O)Nc3ccccc32)s1. The molecular formula is C16H17N5O2S2. The highest BCUT2D eigenvalue weighted by Gasteiger charge is 2.30. The van der Waals surface area contributed by atoms with Gasteiger partial charge in [0, 0.05) is 6.54 Å². The summed E-state index contributed by atoms with van der Waals surface area (Å²) in [6.45, 7) is 6.06. The van der Waals surface area contributed by atoms with E-state index in [-0.39, 0.29) is 23.6 Å². The van der Waals surface area contributed by atoms with Crippen LogP contribution in [0.5, 0.6) is 0 Å². The molecule has 0 saturated carbocycles. The van der Waals surface area contributed by atoms with Crippen LogP contribution in [-0.2, 0) is 9.59 Å². The van der Waals surface area contributed by atoms with Crippen molar-refractivity contribution >= 4 is 51.4 Å². The van der Waals surface area contributed by atoms with Gasteiger partial charge in [0.1, 0.15) is 6.54 Å². The molecule has 9 heteroatoms. The molecule has 0 spiro atoms. The number of carbonyl (C=O) groups is 2. The molecule has 0 radical (unpaired) electrons. The van der Waals surface area contributed by atoms with Crippen molar-refractivity contribution in [2.75, 3.05) is 28.6 Å². The first-order valence-corrected chi connectivity index (χ1v) is 9.33. The normalized spacial score (nSPS) is 14.4. The van der Waals surface area contributed by atoms with Gasteiger partial charge in [-0.15, -0.1) is 16.8 Å². The molecule has 0 fully saturated rings. The summed E-state index contributed by atoms with van der Waals surface area (Å²) >= 11 is 2.71. The van der Waals surface area contributed by atoms with Crippen LogP contribution in [-0.4, -0.2) is 40.4 Å². The predicted octanol–water partition coefficient (Wildman–Crippen LogP) is 2.60. The molecule has 2 amide bonds. The third-order valence-electron chi connectivity index (χ3n) is 3.47. The molecular weight excluding hydrogens is 358 g/mol. The van der Waals surface area contributed by atoms with E-state index in [2.05, 4.69) is 27.4 Å². The molecule has 130 valence electrons. The monoisotopic (exact) mass is 375 g/mol. The van der Waals surface area contributed by atoms with Crippen LogP contribution < -0.4 is 15.5 Å². The first-order valence-electron chi connectivity index (χ1n) is 7.63. The Labute approximate surface area is 153 Å². The van der Waals surface area contributed by atoms with Crippen LogP contribution >= 0.6 is 23.1 Å². The Morgan fingerprint density at radius 2 is 2.32 bits per heavy atom. The molecule has 0 saturated heterocycles. The second-order valence-electron chi connectivity index (χ2n) is 5.29. The van der Waals surface area contributed by atoms with E-state index in [9.17, 15) is 9.59 Å². The van der Waals surface area contributed by atoms with Crippen molar-refractivity contribution in [1.82, 2.24) is 10.2 Å². The number of rotatable bonds is 6. The van der Waals surface area contributed by atoms with Crippen molar-refractivity contribution in [1.29, 1.82) is 0 Å². The van der Waals surface area contributed by atoms with Gasteiger partial charge >= 0.3 is 0 Å². The Hall–Kier alpha value is -2.39. The second kappa shape index (κ2) is 7.66. The van der Waals surface area contributed by atoms with E-state index in [0.29, 0.717) is 27.4 Å². The molecule has 0 aliphatic carbocycles. The maximum Gasteiger partial charge on any atom is 0.244 e. The predicted molar refractivity (Wildman–Crippen MR) is 101 cm³/mol. The lowest BCUT2D eigenvalue weighted by atomic mass is 10.2. The van der Waals surface area contributed by atoms with Crippen LogP contribution in [0, 0.1) is 0 Å². The Bertz CT molecular complexity index is 807. The van der Waals surface area contributed by atoms with Gasteiger partial charge in [0.15, 0.2) is 4.34 Å². The average Bonchev–Trinajstić information content (AvgIpc) is 3.05. The number of nitrogens with zero attached hydrogens (tertiary/aromatic N) is 3. The van der Waals surface area contributed by atoms with Crippen LogP contribution in [0.3, 0.4) is 0 Å². The lowest BCUT2D eigenvalue weighted by molar-refractivity contribution is -0.121. The molecule has 2 N–H and O–H groups in total. The molecule has 25 heavy (non-hydrogen) atoms. The number of anilines is 3. The van der Waals surface area contributed by atoms with Crippen molar-refractivity contribution in [3.8, 4) is 0 Å². The van der Waals surface area contributed by atoms with Gasteiger partial charge in [0.2, 0.25) is 16.9 Å². The van der Waals surface area contributed by atoms with Gasteiger partial charge in [-0.2, -0.15) is 0 Å². The van der Waals surface area contributed by atoms with Gasteiger partial charge in [-0.1, -0.05) is 41.3 Å². The number of carbonyl (C=O) groups excluding carboxylic acids is 2. The summed E-state index contributed by atoms with van der Waals surface area (Å²) in [6, 6.07) is 7.28. The summed E-state index contributed by atoms with van der Waals surface area (Å²) < 4.78 is 0.696. The number of hydrogen-bond donors (Lipinski definition) is 2. The van der Waals surface area contributed by atoms with Gasteiger partial charge < -0.3 is 10.6 Å². The second-order valence-corrected chi connectivity index (χ2v) is 7.86. The van der Waals surface area contributed by atoms with Crippen molar-refractivity contribution in [2.45, 2.75) is 16.5 Å². The Morgan fingerprint density at radius 3 is 3.12 bits per heavy atom. The summed E-state index contributed by atoms with van der Waals surface area (Å²) in [5.41, 5.74) is 1.36. The molecule has 2 aromatic rings. The molecule has 1 aromatic heterocycles. The number of benzene rings is 1. The number of fused-ring (bicyclic) bond motifs is 1. The quantitative estimate of drug-likeness (QED) is 0.596. The fourth-order valence-electron chi connectivity index (χ4n) is 2.34. The number of amides is 2. The zero-order valence-corrected chi connectivity index (χ0v) is 15.2. The Balaban J connectivity index is 1.71. The van der Waals surface area contributed by atoms with E-state index in [4.69, 9.17) is 0 Å². The minimum Gasteiger partial charge on any atom is -0.357 e. The van der Waals surface area contributed by atoms with E-state index in [1.807, 2.05) is 18.2 Å². The van der Waals surface area contributed by atoms with Gasteiger partial charge in [-0.3, -0.25) is 14.5 Å². The van der Waals surface area contributed by atoms with Crippen molar-refractivity contribution in [2.24, 2.45) is 0 Å². The molecule has 1 atom stereocenters. The van der Waals surface area contributed by atoms with Gasteiger partial charge in [0.05, 0.1) is 16.6 Å². The van der Waals surface area contributed by atoms with Gasteiger partial charge in [0.25, 0.3) is 0 Å². The zero-order chi connectivity index (χ0) is 17.8. The van der Waals surface area contributed by atoms with Crippen LogP contribution in [0.2, 0.25) is 0 Å². The topological polar surface area (TPSA) is 87.2 Å². The molecule has 0 bridgehead atoms. The Kier molecular flexibility index (Phi) is 5.34. The average molecular weight is 375 g/mol. The summed E-state index contributed by atoms with van der Waals surface area (Å²) in [5, 5.41) is 14.2. The highest BCUT2D eigenvalue weighted by Crippen LogP contribution is 2.33. The number of thioether (sulfide) groups is 1. The van der Waals surface area contributed by atoms with Crippen LogP contribution in [0.4, 0.5) is 16.5 Å². The lowest BCUT2D eigenvalue weighted by Gasteiger charge is -2.30. The van der Waals surface area contributed by atoms with Crippen molar-refractivity contribution < 1.29 is 9.59 Å². The van der Waals surface area contributed by atoms with Crippen LogP contribution in [0.25, 0.3) is 0 Å². The number of para-hydroxylation sites is 2. The van der Waals surface area contributed by atoms with Crippen LogP contribution in [0.1, 0.15) is 6.92 Å². The number of nitrogens with one attached hydrogen (secondary N) is 2. The van der Waals surface area contributed by atoms with E-state index in [0.717, 1.165) is 0 Å². The third kappa shape index (κ3) is 3.99. The maximum absolute atomic E-state index is 12.8. The van der Waals surface area contributed by atoms with Gasteiger partial charge in [-0.25, -0.2) is 0 Å². The fourth-order valence-corrected chi connectivity index (χ4v) is 4.30. The Morgan fingerprint density at radius 1 is 1.52 bits per heavy atom. The molecule has 1 aromatic carbocycles. The summed E-state index contributed by atoms with van der Waals surface area (Å²) in [6.07, 6.45) is 1.74. The first kappa shape index (κ1) is 17.4. The molecule has 1 aliphatic heterocycles. The van der Waals surface area contributed by atoms with Crippen molar-refractivity contribution in [3.05, 3.63) is 36.9 Å². The summed E-state index contributed by atoms with van der Waals surface area (Å²) in [5.74, 6) is -0.334. The van der Waals surface area contributed by atoms with E-state index < -0.39 is 0 Å². The van der Waals surface area contributed by atoms with E-state index in [1.165, 1.54) is 28.0 Å². The van der Waals surface area contributed by atoms with E-state index in [1.54, 1.807) is 19.1 Å². The molecule has 1 aliphatic rings. The molecule has 7 nitrogen and oxygen atoms in total. The maximum atomic E-state index is 12.8. The van der Waals surface area contributed by atoms with Gasteiger partial charge in [-0.05, 0) is 19.1 Å².